The molecule has 0 atom stereocenters. The lowest BCUT2D eigenvalue weighted by Gasteiger charge is -2.04. The molecule has 0 saturated heterocycles. The molecule has 1 aromatic heterocycles. The number of benzene rings is 1. The Bertz CT molecular complexity index is 467. The molecule has 4 nitrogen and oxygen atoms in total. The van der Waals surface area contributed by atoms with Crippen molar-refractivity contribution in [3.8, 4) is 11.4 Å². The van der Waals surface area contributed by atoms with E-state index in [2.05, 4.69) is 26.2 Å². The van der Waals surface area contributed by atoms with Crippen LogP contribution < -0.4 is 4.74 Å². The SMILES string of the molecule is CCOc1ccc(-n2cc(CCBr)nn2)cc1. The van der Waals surface area contributed by atoms with Crippen molar-refractivity contribution < 1.29 is 4.74 Å². The van der Waals surface area contributed by atoms with Gasteiger partial charge in [-0.1, -0.05) is 21.1 Å². The zero-order valence-corrected chi connectivity index (χ0v) is 11.2. The number of alkyl halides is 1. The quantitative estimate of drug-likeness (QED) is 0.796. The second-order valence-electron chi connectivity index (χ2n) is 3.52. The van der Waals surface area contributed by atoms with Crippen molar-refractivity contribution in [2.24, 2.45) is 0 Å². The summed E-state index contributed by atoms with van der Waals surface area (Å²) in [6.45, 7) is 2.65. The predicted molar refractivity (Wildman–Crippen MR) is 70.0 cm³/mol. The molecule has 5 heteroatoms. The van der Waals surface area contributed by atoms with Crippen molar-refractivity contribution in [3.05, 3.63) is 36.2 Å². The fourth-order valence-corrected chi connectivity index (χ4v) is 1.90. The van der Waals surface area contributed by atoms with Gasteiger partial charge < -0.3 is 4.74 Å². The summed E-state index contributed by atoms with van der Waals surface area (Å²) < 4.78 is 7.16. The van der Waals surface area contributed by atoms with E-state index in [0.29, 0.717) is 6.61 Å². The molecular weight excluding hydrogens is 282 g/mol. The molecule has 2 aromatic rings. The highest BCUT2D eigenvalue weighted by molar-refractivity contribution is 9.09. The lowest BCUT2D eigenvalue weighted by Crippen LogP contribution is -1.96. The van der Waals surface area contributed by atoms with Crippen LogP contribution in [0, 0.1) is 0 Å². The zero-order chi connectivity index (χ0) is 12.1. The van der Waals surface area contributed by atoms with E-state index < -0.39 is 0 Å². The summed E-state index contributed by atoms with van der Waals surface area (Å²) in [6.07, 6.45) is 2.83. The molecular formula is C12H14BrN3O. The van der Waals surface area contributed by atoms with Crippen LogP contribution in [-0.2, 0) is 6.42 Å². The summed E-state index contributed by atoms with van der Waals surface area (Å²) in [4.78, 5) is 0. The Morgan fingerprint density at radius 3 is 2.71 bits per heavy atom. The molecule has 1 heterocycles. The van der Waals surface area contributed by atoms with Gasteiger partial charge in [0.05, 0.1) is 24.2 Å². The van der Waals surface area contributed by atoms with E-state index in [1.165, 1.54) is 0 Å². The average Bonchev–Trinajstić information content (AvgIpc) is 2.80. The third-order valence-electron chi connectivity index (χ3n) is 2.30. The van der Waals surface area contributed by atoms with Crippen LogP contribution in [0.2, 0.25) is 0 Å². The standard InChI is InChI=1S/C12H14BrN3O/c1-2-17-12-5-3-11(4-6-12)16-9-10(7-8-13)14-15-16/h3-6,9H,2,7-8H2,1H3. The Labute approximate surface area is 109 Å². The van der Waals surface area contributed by atoms with Crippen molar-refractivity contribution in [3.63, 3.8) is 0 Å². The lowest BCUT2D eigenvalue weighted by atomic mass is 10.3. The minimum absolute atomic E-state index is 0.679. The summed E-state index contributed by atoms with van der Waals surface area (Å²) in [5, 5.41) is 9.08. The second-order valence-corrected chi connectivity index (χ2v) is 4.31. The first-order valence-corrected chi connectivity index (χ1v) is 6.66. The van der Waals surface area contributed by atoms with Crippen molar-refractivity contribution in [2.75, 3.05) is 11.9 Å². The normalized spacial score (nSPS) is 10.5. The van der Waals surface area contributed by atoms with Gasteiger partial charge in [-0.2, -0.15) is 0 Å². The molecule has 2 rings (SSSR count). The van der Waals surface area contributed by atoms with Crippen molar-refractivity contribution in [1.29, 1.82) is 0 Å². The molecule has 0 spiro atoms. The van der Waals surface area contributed by atoms with Crippen LogP contribution >= 0.6 is 15.9 Å². The zero-order valence-electron chi connectivity index (χ0n) is 9.64. The van der Waals surface area contributed by atoms with E-state index in [1.807, 2.05) is 37.4 Å². The number of ether oxygens (including phenoxy) is 1. The van der Waals surface area contributed by atoms with Crippen LogP contribution in [0.15, 0.2) is 30.5 Å². The number of hydrogen-bond acceptors (Lipinski definition) is 3. The number of aryl methyl sites for hydroxylation is 1. The first-order valence-electron chi connectivity index (χ1n) is 5.54. The van der Waals surface area contributed by atoms with Gasteiger partial charge in [0.1, 0.15) is 5.75 Å². The minimum atomic E-state index is 0.679. The highest BCUT2D eigenvalue weighted by Crippen LogP contribution is 2.14. The highest BCUT2D eigenvalue weighted by Gasteiger charge is 2.02. The Balaban J connectivity index is 2.15. The molecule has 90 valence electrons. The fourth-order valence-electron chi connectivity index (χ4n) is 1.50. The lowest BCUT2D eigenvalue weighted by molar-refractivity contribution is 0.340. The summed E-state index contributed by atoms with van der Waals surface area (Å²) in [7, 11) is 0. The van der Waals surface area contributed by atoms with Gasteiger partial charge in [-0.05, 0) is 31.2 Å². The van der Waals surface area contributed by atoms with Gasteiger partial charge in [0, 0.05) is 11.8 Å². The van der Waals surface area contributed by atoms with Gasteiger partial charge in [0.2, 0.25) is 0 Å². The van der Waals surface area contributed by atoms with Crippen LogP contribution in [0.25, 0.3) is 5.69 Å². The van der Waals surface area contributed by atoms with E-state index in [9.17, 15) is 0 Å². The van der Waals surface area contributed by atoms with E-state index in [4.69, 9.17) is 4.74 Å². The van der Waals surface area contributed by atoms with Crippen molar-refractivity contribution in [1.82, 2.24) is 15.0 Å². The maximum absolute atomic E-state index is 5.39. The van der Waals surface area contributed by atoms with Gasteiger partial charge in [-0.25, -0.2) is 4.68 Å². The van der Waals surface area contributed by atoms with Gasteiger partial charge >= 0.3 is 0 Å². The predicted octanol–water partition coefficient (Wildman–Crippen LogP) is 2.60. The third kappa shape index (κ3) is 3.06. The van der Waals surface area contributed by atoms with Gasteiger partial charge in [0.15, 0.2) is 0 Å². The Kier molecular flexibility index (Phi) is 4.14. The molecule has 1 aromatic carbocycles. The number of nitrogens with zero attached hydrogens (tertiary/aromatic N) is 3. The van der Waals surface area contributed by atoms with E-state index >= 15 is 0 Å². The van der Waals surface area contributed by atoms with Crippen molar-refractivity contribution in [2.45, 2.75) is 13.3 Å². The number of rotatable bonds is 5. The fraction of sp³-hybridized carbons (Fsp3) is 0.333. The van der Waals surface area contributed by atoms with Crippen LogP contribution in [-0.4, -0.2) is 26.9 Å². The van der Waals surface area contributed by atoms with Crippen LogP contribution in [0.3, 0.4) is 0 Å². The van der Waals surface area contributed by atoms with E-state index in [1.54, 1.807) is 4.68 Å². The Hall–Kier alpha value is -1.36. The monoisotopic (exact) mass is 295 g/mol. The molecule has 0 unspecified atom stereocenters. The topological polar surface area (TPSA) is 39.9 Å². The van der Waals surface area contributed by atoms with Gasteiger partial charge in [-0.3, -0.25) is 0 Å². The van der Waals surface area contributed by atoms with E-state index in [0.717, 1.165) is 28.9 Å². The molecule has 0 saturated carbocycles. The molecule has 0 aliphatic heterocycles. The number of hydrogen-bond donors (Lipinski definition) is 0. The summed E-state index contributed by atoms with van der Waals surface area (Å²) in [6, 6.07) is 7.81. The number of aromatic nitrogens is 3. The summed E-state index contributed by atoms with van der Waals surface area (Å²) in [5.41, 5.74) is 1.97. The Morgan fingerprint density at radius 2 is 2.06 bits per heavy atom. The average molecular weight is 296 g/mol. The maximum atomic E-state index is 5.39. The smallest absolute Gasteiger partial charge is 0.119 e. The highest BCUT2D eigenvalue weighted by atomic mass is 79.9. The molecule has 17 heavy (non-hydrogen) atoms. The summed E-state index contributed by atoms with van der Waals surface area (Å²) >= 11 is 3.38. The van der Waals surface area contributed by atoms with Crippen LogP contribution in [0.5, 0.6) is 5.75 Å². The largest absolute Gasteiger partial charge is 0.494 e. The first kappa shape index (κ1) is 12.1. The van der Waals surface area contributed by atoms with E-state index in [-0.39, 0.29) is 0 Å². The number of halogens is 1. The molecule has 0 bridgehead atoms. The van der Waals surface area contributed by atoms with Gasteiger partial charge in [0.25, 0.3) is 0 Å². The maximum Gasteiger partial charge on any atom is 0.119 e. The Morgan fingerprint density at radius 1 is 1.29 bits per heavy atom. The molecule has 0 N–H and O–H groups in total. The van der Waals surface area contributed by atoms with Crippen LogP contribution in [0.1, 0.15) is 12.6 Å². The molecule has 0 amide bonds. The second kappa shape index (κ2) is 5.82. The molecule has 0 fully saturated rings. The molecule has 0 aliphatic carbocycles. The third-order valence-corrected chi connectivity index (χ3v) is 2.70. The summed E-state index contributed by atoms with van der Waals surface area (Å²) in [5.74, 6) is 0.872. The molecule has 0 aliphatic rings. The van der Waals surface area contributed by atoms with Crippen LogP contribution in [0.4, 0.5) is 0 Å². The first-order chi connectivity index (χ1) is 8.33. The minimum Gasteiger partial charge on any atom is -0.494 e. The van der Waals surface area contributed by atoms with Crippen molar-refractivity contribution >= 4 is 15.9 Å². The molecule has 0 radical (unpaired) electrons. The van der Waals surface area contributed by atoms with Gasteiger partial charge in [-0.15, -0.1) is 5.10 Å².